The molecule has 3 heteroatoms. The lowest BCUT2D eigenvalue weighted by atomic mass is 9.95. The van der Waals surface area contributed by atoms with Crippen molar-refractivity contribution < 1.29 is 14.3 Å². The standard InChI is InChI=1S/C14H24O3/c1-5-6-7-8-12-9-13(11(2)10-15)17-14(3,4)16-12/h5,10-13H,1,6-9H2,2-4H3/t11-,12-,13+/m1/s1. The van der Waals surface area contributed by atoms with Crippen molar-refractivity contribution in [3.05, 3.63) is 12.7 Å². The second-order valence-corrected chi connectivity index (χ2v) is 5.25. The molecule has 0 saturated carbocycles. The Labute approximate surface area is 104 Å². The lowest BCUT2D eigenvalue weighted by molar-refractivity contribution is -0.305. The maximum atomic E-state index is 10.8. The Balaban J connectivity index is 2.54. The van der Waals surface area contributed by atoms with Gasteiger partial charge in [0, 0.05) is 12.3 Å². The molecule has 3 nitrogen and oxygen atoms in total. The van der Waals surface area contributed by atoms with Crippen LogP contribution in [0.25, 0.3) is 0 Å². The summed E-state index contributed by atoms with van der Waals surface area (Å²) >= 11 is 0. The van der Waals surface area contributed by atoms with Gasteiger partial charge in [-0.15, -0.1) is 6.58 Å². The zero-order chi connectivity index (χ0) is 12.9. The van der Waals surface area contributed by atoms with Crippen LogP contribution in [0.2, 0.25) is 0 Å². The van der Waals surface area contributed by atoms with Crippen LogP contribution in [0.15, 0.2) is 12.7 Å². The van der Waals surface area contributed by atoms with Crippen LogP contribution in [0.4, 0.5) is 0 Å². The number of rotatable bonds is 6. The van der Waals surface area contributed by atoms with Crippen LogP contribution in [0.1, 0.15) is 46.5 Å². The summed E-state index contributed by atoms with van der Waals surface area (Å²) in [5, 5.41) is 0. The molecule has 3 atom stereocenters. The molecule has 17 heavy (non-hydrogen) atoms. The Bertz CT molecular complexity index is 260. The molecule has 0 amide bonds. The number of hydrogen-bond donors (Lipinski definition) is 0. The lowest BCUT2D eigenvalue weighted by Gasteiger charge is -2.42. The van der Waals surface area contributed by atoms with Crippen LogP contribution in [-0.2, 0) is 14.3 Å². The van der Waals surface area contributed by atoms with Crippen molar-refractivity contribution >= 4 is 6.29 Å². The third-order valence-corrected chi connectivity index (χ3v) is 3.12. The minimum absolute atomic E-state index is 0.0232. The van der Waals surface area contributed by atoms with Gasteiger partial charge in [-0.3, -0.25) is 0 Å². The van der Waals surface area contributed by atoms with Gasteiger partial charge in [0.1, 0.15) is 6.29 Å². The van der Waals surface area contributed by atoms with Crippen molar-refractivity contribution in [2.75, 3.05) is 0 Å². The number of carbonyl (C=O) groups excluding carboxylic acids is 1. The van der Waals surface area contributed by atoms with Crippen LogP contribution in [-0.4, -0.2) is 24.3 Å². The van der Waals surface area contributed by atoms with Crippen LogP contribution in [0.3, 0.4) is 0 Å². The molecule has 0 spiro atoms. The van der Waals surface area contributed by atoms with Crippen molar-refractivity contribution in [1.82, 2.24) is 0 Å². The van der Waals surface area contributed by atoms with E-state index in [0.29, 0.717) is 0 Å². The summed E-state index contributed by atoms with van der Waals surface area (Å²) in [4.78, 5) is 10.8. The summed E-state index contributed by atoms with van der Waals surface area (Å²) in [7, 11) is 0. The summed E-state index contributed by atoms with van der Waals surface area (Å²) in [6.07, 6.45) is 6.95. The van der Waals surface area contributed by atoms with Crippen molar-refractivity contribution in [2.45, 2.75) is 64.4 Å². The van der Waals surface area contributed by atoms with Crippen LogP contribution < -0.4 is 0 Å². The quantitative estimate of drug-likeness (QED) is 0.406. The van der Waals surface area contributed by atoms with E-state index in [2.05, 4.69) is 6.58 Å². The monoisotopic (exact) mass is 240 g/mol. The number of carbonyl (C=O) groups is 1. The Hall–Kier alpha value is -0.670. The van der Waals surface area contributed by atoms with E-state index in [1.807, 2.05) is 26.8 Å². The first kappa shape index (κ1) is 14.4. The van der Waals surface area contributed by atoms with Gasteiger partial charge < -0.3 is 14.3 Å². The van der Waals surface area contributed by atoms with Gasteiger partial charge in [0.05, 0.1) is 12.2 Å². The molecule has 0 aromatic heterocycles. The molecule has 1 heterocycles. The topological polar surface area (TPSA) is 35.5 Å². The maximum Gasteiger partial charge on any atom is 0.163 e. The van der Waals surface area contributed by atoms with E-state index >= 15 is 0 Å². The van der Waals surface area contributed by atoms with Gasteiger partial charge in [-0.1, -0.05) is 13.0 Å². The second kappa shape index (κ2) is 6.31. The zero-order valence-electron chi connectivity index (χ0n) is 11.1. The number of hydrogen-bond acceptors (Lipinski definition) is 3. The molecular weight excluding hydrogens is 216 g/mol. The summed E-state index contributed by atoms with van der Waals surface area (Å²) < 4.78 is 11.7. The Kier molecular flexibility index (Phi) is 5.34. The molecule has 1 fully saturated rings. The summed E-state index contributed by atoms with van der Waals surface area (Å²) in [5.74, 6) is -0.654. The van der Waals surface area contributed by atoms with Crippen molar-refractivity contribution in [3.8, 4) is 0 Å². The van der Waals surface area contributed by atoms with E-state index in [9.17, 15) is 4.79 Å². The molecule has 98 valence electrons. The van der Waals surface area contributed by atoms with E-state index < -0.39 is 5.79 Å². The summed E-state index contributed by atoms with van der Waals surface area (Å²) in [6.45, 7) is 9.45. The van der Waals surface area contributed by atoms with Gasteiger partial charge in [-0.05, 0) is 33.1 Å². The smallest absolute Gasteiger partial charge is 0.163 e. The first-order chi connectivity index (χ1) is 7.98. The summed E-state index contributed by atoms with van der Waals surface area (Å²) in [5.41, 5.74) is 0. The predicted octanol–water partition coefficient (Wildman–Crippen LogP) is 3.09. The Morgan fingerprint density at radius 2 is 2.18 bits per heavy atom. The number of aldehydes is 1. The molecular formula is C14H24O3. The number of ether oxygens (including phenoxy) is 2. The van der Waals surface area contributed by atoms with Gasteiger partial charge in [0.2, 0.25) is 0 Å². The maximum absolute atomic E-state index is 10.8. The van der Waals surface area contributed by atoms with Gasteiger partial charge in [0.25, 0.3) is 0 Å². The minimum Gasteiger partial charge on any atom is -0.347 e. The average molecular weight is 240 g/mol. The van der Waals surface area contributed by atoms with E-state index in [0.717, 1.165) is 32.0 Å². The largest absolute Gasteiger partial charge is 0.347 e. The number of unbranched alkanes of at least 4 members (excludes halogenated alkanes) is 1. The van der Waals surface area contributed by atoms with Crippen molar-refractivity contribution in [1.29, 1.82) is 0 Å². The average Bonchev–Trinajstić information content (AvgIpc) is 2.26. The molecule has 0 bridgehead atoms. The van der Waals surface area contributed by atoms with E-state index in [4.69, 9.17) is 9.47 Å². The molecule has 0 N–H and O–H groups in total. The SMILES string of the molecule is C=CCCC[C@@H]1C[C@@H]([C@H](C)C=O)OC(C)(C)O1. The highest BCUT2D eigenvalue weighted by atomic mass is 16.7. The third-order valence-electron chi connectivity index (χ3n) is 3.12. The van der Waals surface area contributed by atoms with Crippen LogP contribution in [0.5, 0.6) is 0 Å². The van der Waals surface area contributed by atoms with Gasteiger partial charge in [0.15, 0.2) is 5.79 Å². The van der Waals surface area contributed by atoms with E-state index in [1.165, 1.54) is 0 Å². The number of allylic oxidation sites excluding steroid dienone is 1. The molecule has 1 saturated heterocycles. The second-order valence-electron chi connectivity index (χ2n) is 5.25. The molecule has 1 rings (SSSR count). The molecule has 1 aliphatic rings. The van der Waals surface area contributed by atoms with Crippen LogP contribution >= 0.6 is 0 Å². The summed E-state index contributed by atoms with van der Waals surface area (Å²) in [6, 6.07) is 0. The van der Waals surface area contributed by atoms with Gasteiger partial charge in [-0.25, -0.2) is 0 Å². The molecule has 0 aromatic carbocycles. The first-order valence-corrected chi connectivity index (χ1v) is 6.40. The molecule has 0 aromatic rings. The lowest BCUT2D eigenvalue weighted by Crippen LogP contribution is -2.47. The Morgan fingerprint density at radius 1 is 1.47 bits per heavy atom. The zero-order valence-corrected chi connectivity index (χ0v) is 11.1. The van der Waals surface area contributed by atoms with Crippen LogP contribution in [0, 0.1) is 5.92 Å². The molecule has 0 aliphatic carbocycles. The fourth-order valence-corrected chi connectivity index (χ4v) is 2.23. The molecule has 0 radical (unpaired) electrons. The van der Waals surface area contributed by atoms with E-state index in [-0.39, 0.29) is 18.1 Å². The highest BCUT2D eigenvalue weighted by Crippen LogP contribution is 2.31. The first-order valence-electron chi connectivity index (χ1n) is 6.40. The van der Waals surface area contributed by atoms with Gasteiger partial charge >= 0.3 is 0 Å². The van der Waals surface area contributed by atoms with Crippen molar-refractivity contribution in [3.63, 3.8) is 0 Å². The fourth-order valence-electron chi connectivity index (χ4n) is 2.23. The highest BCUT2D eigenvalue weighted by Gasteiger charge is 2.37. The van der Waals surface area contributed by atoms with Gasteiger partial charge in [-0.2, -0.15) is 0 Å². The molecule has 0 unspecified atom stereocenters. The fraction of sp³-hybridized carbons (Fsp3) is 0.786. The normalized spacial score (nSPS) is 29.6. The van der Waals surface area contributed by atoms with Crippen molar-refractivity contribution in [2.24, 2.45) is 5.92 Å². The predicted molar refractivity (Wildman–Crippen MR) is 67.7 cm³/mol. The minimum atomic E-state index is -0.584. The Morgan fingerprint density at radius 3 is 2.76 bits per heavy atom. The van der Waals surface area contributed by atoms with E-state index in [1.54, 1.807) is 0 Å². The third kappa shape index (κ3) is 4.60. The highest BCUT2D eigenvalue weighted by molar-refractivity contribution is 5.53. The molecule has 1 aliphatic heterocycles.